The number of carboxylic acid groups (broad SMARTS) is 1. The van der Waals surface area contributed by atoms with E-state index in [1.807, 2.05) is 0 Å². The number of alkyl halides is 3. The van der Waals surface area contributed by atoms with Crippen LogP contribution in [0.5, 0.6) is 5.75 Å². The van der Waals surface area contributed by atoms with Gasteiger partial charge in [0.05, 0.1) is 25.1 Å². The van der Waals surface area contributed by atoms with Crippen LogP contribution in [0, 0.1) is 11.6 Å². The largest absolute Gasteiger partial charge is 0.494 e. The first-order valence-electron chi connectivity index (χ1n) is 9.70. The van der Waals surface area contributed by atoms with Gasteiger partial charge < -0.3 is 15.2 Å². The average Bonchev–Trinajstić information content (AvgIpc) is 2.77. The molecule has 1 amide bonds. The Morgan fingerprint density at radius 1 is 1.06 bits per heavy atom. The number of hydrogen-bond acceptors (Lipinski definition) is 4. The molecule has 34 heavy (non-hydrogen) atoms. The Morgan fingerprint density at radius 3 is 2.38 bits per heavy atom. The van der Waals surface area contributed by atoms with E-state index >= 15 is 0 Å². The van der Waals surface area contributed by atoms with E-state index in [0.29, 0.717) is 18.2 Å². The molecule has 1 heterocycles. The van der Waals surface area contributed by atoms with E-state index in [2.05, 4.69) is 10.3 Å². The number of nitrogens with one attached hydrogen (secondary N) is 1. The topological polar surface area (TPSA) is 88.5 Å². The van der Waals surface area contributed by atoms with Crippen LogP contribution in [0.25, 0.3) is 11.3 Å². The quantitative estimate of drug-likeness (QED) is 0.465. The minimum absolute atomic E-state index is 0.0871. The molecule has 0 aliphatic carbocycles. The summed E-state index contributed by atoms with van der Waals surface area (Å²) in [4.78, 5) is 28.0. The van der Waals surface area contributed by atoms with Crippen molar-refractivity contribution in [2.45, 2.75) is 18.6 Å². The summed E-state index contributed by atoms with van der Waals surface area (Å²) >= 11 is 0. The molecule has 0 saturated carbocycles. The summed E-state index contributed by atoms with van der Waals surface area (Å²) < 4.78 is 73.1. The van der Waals surface area contributed by atoms with Gasteiger partial charge in [0, 0.05) is 11.1 Å². The molecule has 1 atom stereocenters. The van der Waals surface area contributed by atoms with E-state index in [1.54, 1.807) is 0 Å². The number of hydrogen-bond donors (Lipinski definition) is 2. The van der Waals surface area contributed by atoms with Gasteiger partial charge in [-0.15, -0.1) is 0 Å². The van der Waals surface area contributed by atoms with Gasteiger partial charge >= 0.3 is 12.1 Å². The Kier molecular flexibility index (Phi) is 7.14. The van der Waals surface area contributed by atoms with Crippen molar-refractivity contribution in [3.8, 4) is 17.0 Å². The van der Waals surface area contributed by atoms with Crippen LogP contribution in [0.4, 0.5) is 22.0 Å². The number of pyridine rings is 1. The number of carbonyl (C=O) groups excluding carboxylic acids is 1. The Balaban J connectivity index is 2.02. The summed E-state index contributed by atoms with van der Waals surface area (Å²) in [6.45, 7) is 0. The number of carbonyl (C=O) groups is 2. The standard InChI is InChI=1S/C23H17F5N2O4/c1-34-19-9-8-17(29-21(19)14-10-12(23(26,27)28)6-7-16(14)25)22(33)30-18(11-20(31)32)13-4-2-3-5-15(13)24/h2-10,18H,11H2,1H3,(H,30,33)(H,31,32). The van der Waals surface area contributed by atoms with Gasteiger partial charge in [-0.05, 0) is 36.4 Å². The van der Waals surface area contributed by atoms with Crippen LogP contribution in [0.15, 0.2) is 54.6 Å². The minimum Gasteiger partial charge on any atom is -0.494 e. The van der Waals surface area contributed by atoms with Crippen LogP contribution in [0.1, 0.15) is 34.1 Å². The number of rotatable bonds is 7. The number of halogens is 5. The van der Waals surface area contributed by atoms with Gasteiger partial charge in [0.1, 0.15) is 28.8 Å². The van der Waals surface area contributed by atoms with Crippen LogP contribution >= 0.6 is 0 Å². The lowest BCUT2D eigenvalue weighted by Gasteiger charge is -2.18. The summed E-state index contributed by atoms with van der Waals surface area (Å²) in [5, 5.41) is 11.5. The third-order valence-corrected chi connectivity index (χ3v) is 4.82. The molecule has 0 radical (unpaired) electrons. The number of ether oxygens (including phenoxy) is 1. The Morgan fingerprint density at radius 2 is 1.76 bits per heavy atom. The van der Waals surface area contributed by atoms with Gasteiger partial charge in [0.15, 0.2) is 0 Å². The maximum atomic E-state index is 14.4. The summed E-state index contributed by atoms with van der Waals surface area (Å²) in [6, 6.07) is 8.04. The summed E-state index contributed by atoms with van der Waals surface area (Å²) in [5.74, 6) is -4.16. The Hall–Kier alpha value is -4.02. The SMILES string of the molecule is COc1ccc(C(=O)NC(CC(=O)O)c2ccccc2F)nc1-c1cc(C(F)(F)F)ccc1F. The average molecular weight is 480 g/mol. The maximum Gasteiger partial charge on any atom is 0.416 e. The van der Waals surface area contributed by atoms with Gasteiger partial charge in [-0.3, -0.25) is 9.59 Å². The van der Waals surface area contributed by atoms with Gasteiger partial charge in [0.2, 0.25) is 0 Å². The summed E-state index contributed by atoms with van der Waals surface area (Å²) in [6.07, 6.45) is -5.41. The molecule has 1 unspecified atom stereocenters. The zero-order valence-corrected chi connectivity index (χ0v) is 17.5. The lowest BCUT2D eigenvalue weighted by atomic mass is 10.0. The highest BCUT2D eigenvalue weighted by molar-refractivity contribution is 5.93. The van der Waals surface area contributed by atoms with E-state index in [0.717, 1.165) is 12.1 Å². The van der Waals surface area contributed by atoms with Crippen molar-refractivity contribution in [1.29, 1.82) is 0 Å². The molecule has 0 bridgehead atoms. The zero-order valence-electron chi connectivity index (χ0n) is 17.5. The first-order chi connectivity index (χ1) is 16.0. The molecule has 11 heteroatoms. The molecule has 6 nitrogen and oxygen atoms in total. The van der Waals surface area contributed by atoms with Crippen molar-refractivity contribution in [3.05, 3.63) is 83.1 Å². The van der Waals surface area contributed by atoms with E-state index in [1.165, 1.54) is 31.4 Å². The molecular weight excluding hydrogens is 463 g/mol. The van der Waals surface area contributed by atoms with Crippen molar-refractivity contribution in [3.63, 3.8) is 0 Å². The molecular formula is C23H17F5N2O4. The van der Waals surface area contributed by atoms with Crippen molar-refractivity contribution in [2.75, 3.05) is 7.11 Å². The van der Waals surface area contributed by atoms with Crippen LogP contribution in [0.2, 0.25) is 0 Å². The molecule has 3 aromatic rings. The first kappa shape index (κ1) is 24.6. The molecule has 178 valence electrons. The molecule has 0 aliphatic heterocycles. The number of carboxylic acids is 1. The number of amides is 1. The second-order valence-electron chi connectivity index (χ2n) is 7.09. The van der Waals surface area contributed by atoms with Gasteiger partial charge in [-0.25, -0.2) is 13.8 Å². The fourth-order valence-electron chi connectivity index (χ4n) is 3.22. The highest BCUT2D eigenvalue weighted by atomic mass is 19.4. The molecule has 0 fully saturated rings. The molecule has 1 aromatic heterocycles. The van der Waals surface area contributed by atoms with E-state index in [9.17, 15) is 31.5 Å². The van der Waals surface area contributed by atoms with Crippen molar-refractivity contribution < 1.29 is 41.4 Å². The third-order valence-electron chi connectivity index (χ3n) is 4.82. The highest BCUT2D eigenvalue weighted by Gasteiger charge is 2.32. The second kappa shape index (κ2) is 9.86. The number of nitrogens with zero attached hydrogens (tertiary/aromatic N) is 1. The molecule has 0 aliphatic rings. The van der Waals surface area contributed by atoms with Crippen molar-refractivity contribution >= 4 is 11.9 Å². The smallest absolute Gasteiger partial charge is 0.416 e. The molecule has 2 aromatic carbocycles. The van der Waals surface area contributed by atoms with E-state index in [4.69, 9.17) is 9.84 Å². The Labute approximate surface area is 190 Å². The van der Waals surface area contributed by atoms with Gasteiger partial charge in [0.25, 0.3) is 5.91 Å². The van der Waals surface area contributed by atoms with Crippen LogP contribution < -0.4 is 10.1 Å². The number of benzene rings is 2. The van der Waals surface area contributed by atoms with Crippen LogP contribution in [-0.2, 0) is 11.0 Å². The van der Waals surface area contributed by atoms with Gasteiger partial charge in [-0.2, -0.15) is 13.2 Å². The maximum absolute atomic E-state index is 14.4. The minimum atomic E-state index is -4.76. The second-order valence-corrected chi connectivity index (χ2v) is 7.09. The van der Waals surface area contributed by atoms with E-state index in [-0.39, 0.29) is 22.7 Å². The lowest BCUT2D eigenvalue weighted by Crippen LogP contribution is -2.31. The predicted octanol–water partition coefficient (Wildman–Crippen LogP) is 5.00. The summed E-state index contributed by atoms with van der Waals surface area (Å²) in [5.41, 5.74) is -2.53. The van der Waals surface area contributed by atoms with Crippen LogP contribution in [-0.4, -0.2) is 29.1 Å². The number of aromatic nitrogens is 1. The van der Waals surface area contributed by atoms with Crippen LogP contribution in [0.3, 0.4) is 0 Å². The summed E-state index contributed by atoms with van der Waals surface area (Å²) in [7, 11) is 1.19. The monoisotopic (exact) mass is 480 g/mol. The van der Waals surface area contributed by atoms with Gasteiger partial charge in [-0.1, -0.05) is 18.2 Å². The predicted molar refractivity (Wildman–Crippen MR) is 110 cm³/mol. The number of aliphatic carboxylic acids is 1. The molecule has 2 N–H and O–H groups in total. The molecule has 0 spiro atoms. The van der Waals surface area contributed by atoms with Crippen molar-refractivity contribution in [2.24, 2.45) is 0 Å². The lowest BCUT2D eigenvalue weighted by molar-refractivity contribution is -0.138. The third kappa shape index (κ3) is 5.48. The van der Waals surface area contributed by atoms with Crippen molar-refractivity contribution in [1.82, 2.24) is 10.3 Å². The molecule has 0 saturated heterocycles. The fourth-order valence-corrected chi connectivity index (χ4v) is 3.22. The highest BCUT2D eigenvalue weighted by Crippen LogP contribution is 2.36. The fraction of sp³-hybridized carbons (Fsp3) is 0.174. The number of methoxy groups -OCH3 is 1. The molecule has 3 rings (SSSR count). The zero-order chi connectivity index (χ0) is 25.0. The first-order valence-corrected chi connectivity index (χ1v) is 9.70. The Bertz CT molecular complexity index is 1230. The van der Waals surface area contributed by atoms with E-state index < -0.39 is 53.3 Å². The normalized spacial score (nSPS) is 12.2.